The standard InChI is InChI=1S/C22H23N3O3/c1-28-13-12-23-22(27)17-7-9-19(10-8-17)24-15-21(26)25-20-11-6-16-4-2-3-5-18(16)14-20/h2-11,14,24H,12-13,15H2,1H3,(H,23,27)(H,25,26). The molecule has 3 aromatic rings. The summed E-state index contributed by atoms with van der Waals surface area (Å²) in [5.41, 5.74) is 2.08. The summed E-state index contributed by atoms with van der Waals surface area (Å²) in [6.45, 7) is 1.06. The molecule has 0 spiro atoms. The summed E-state index contributed by atoms with van der Waals surface area (Å²) in [5.74, 6) is -0.297. The van der Waals surface area contributed by atoms with Crippen molar-refractivity contribution in [1.29, 1.82) is 0 Å². The van der Waals surface area contributed by atoms with Crippen molar-refractivity contribution in [2.45, 2.75) is 0 Å². The number of hydrogen-bond acceptors (Lipinski definition) is 4. The van der Waals surface area contributed by atoms with Crippen LogP contribution in [0.1, 0.15) is 10.4 Å². The van der Waals surface area contributed by atoms with E-state index in [9.17, 15) is 9.59 Å². The lowest BCUT2D eigenvalue weighted by atomic mass is 10.1. The molecule has 6 heteroatoms. The average molecular weight is 377 g/mol. The van der Waals surface area contributed by atoms with E-state index in [1.165, 1.54) is 0 Å². The van der Waals surface area contributed by atoms with Crippen LogP contribution in [0.25, 0.3) is 10.8 Å². The van der Waals surface area contributed by atoms with E-state index in [1.807, 2.05) is 42.5 Å². The number of methoxy groups -OCH3 is 1. The number of ether oxygens (including phenoxy) is 1. The molecule has 0 aliphatic carbocycles. The van der Waals surface area contributed by atoms with Crippen molar-refractivity contribution < 1.29 is 14.3 Å². The number of rotatable bonds is 8. The smallest absolute Gasteiger partial charge is 0.251 e. The molecule has 0 atom stereocenters. The minimum atomic E-state index is -0.155. The molecule has 6 nitrogen and oxygen atoms in total. The Kier molecular flexibility index (Phi) is 6.59. The summed E-state index contributed by atoms with van der Waals surface area (Å²) in [6.07, 6.45) is 0. The van der Waals surface area contributed by atoms with Gasteiger partial charge in [-0.3, -0.25) is 9.59 Å². The van der Waals surface area contributed by atoms with E-state index in [2.05, 4.69) is 16.0 Å². The highest BCUT2D eigenvalue weighted by atomic mass is 16.5. The van der Waals surface area contributed by atoms with Crippen molar-refractivity contribution in [3.8, 4) is 0 Å². The molecule has 0 aromatic heterocycles. The van der Waals surface area contributed by atoms with E-state index < -0.39 is 0 Å². The summed E-state index contributed by atoms with van der Waals surface area (Å²) < 4.78 is 4.90. The lowest BCUT2D eigenvalue weighted by molar-refractivity contribution is -0.114. The van der Waals surface area contributed by atoms with Gasteiger partial charge in [-0.1, -0.05) is 30.3 Å². The molecule has 144 valence electrons. The third-order valence-electron chi connectivity index (χ3n) is 4.23. The van der Waals surface area contributed by atoms with Crippen LogP contribution in [0.3, 0.4) is 0 Å². The van der Waals surface area contributed by atoms with Crippen molar-refractivity contribution in [3.63, 3.8) is 0 Å². The summed E-state index contributed by atoms with van der Waals surface area (Å²) in [4.78, 5) is 24.1. The average Bonchev–Trinajstić information content (AvgIpc) is 2.72. The van der Waals surface area contributed by atoms with Crippen molar-refractivity contribution in [2.24, 2.45) is 0 Å². The fourth-order valence-corrected chi connectivity index (χ4v) is 2.76. The highest BCUT2D eigenvalue weighted by molar-refractivity contribution is 5.97. The Hall–Kier alpha value is -3.38. The molecule has 0 heterocycles. The van der Waals surface area contributed by atoms with Gasteiger partial charge in [0.2, 0.25) is 5.91 Å². The summed E-state index contributed by atoms with van der Waals surface area (Å²) in [6, 6.07) is 20.8. The lowest BCUT2D eigenvalue weighted by Crippen LogP contribution is -2.26. The van der Waals surface area contributed by atoms with Crippen molar-refractivity contribution >= 4 is 34.0 Å². The van der Waals surface area contributed by atoms with E-state index in [1.54, 1.807) is 31.4 Å². The maximum Gasteiger partial charge on any atom is 0.251 e. The second-order valence-electron chi connectivity index (χ2n) is 6.29. The number of carbonyl (C=O) groups is 2. The van der Waals surface area contributed by atoms with Crippen LogP contribution in [-0.2, 0) is 9.53 Å². The van der Waals surface area contributed by atoms with Gasteiger partial charge in [0.05, 0.1) is 13.2 Å². The maximum absolute atomic E-state index is 12.2. The van der Waals surface area contributed by atoms with Gasteiger partial charge in [-0.15, -0.1) is 0 Å². The first-order valence-electron chi connectivity index (χ1n) is 9.05. The van der Waals surface area contributed by atoms with Gasteiger partial charge in [0.25, 0.3) is 5.91 Å². The van der Waals surface area contributed by atoms with Crippen molar-refractivity contribution in [2.75, 3.05) is 37.4 Å². The second kappa shape index (κ2) is 9.53. The fourth-order valence-electron chi connectivity index (χ4n) is 2.76. The third-order valence-corrected chi connectivity index (χ3v) is 4.23. The van der Waals surface area contributed by atoms with Crippen LogP contribution in [0.5, 0.6) is 0 Å². The zero-order chi connectivity index (χ0) is 19.8. The molecule has 0 aliphatic heterocycles. The van der Waals surface area contributed by atoms with Crippen LogP contribution in [0.2, 0.25) is 0 Å². The first-order chi connectivity index (χ1) is 13.7. The lowest BCUT2D eigenvalue weighted by Gasteiger charge is -2.09. The summed E-state index contributed by atoms with van der Waals surface area (Å²) in [7, 11) is 1.59. The molecule has 0 radical (unpaired) electrons. The molecule has 0 saturated carbocycles. The molecule has 0 bridgehead atoms. The minimum absolute atomic E-state index is 0.131. The van der Waals surface area contributed by atoms with Gasteiger partial charge in [0, 0.05) is 30.6 Å². The molecular formula is C22H23N3O3. The van der Waals surface area contributed by atoms with E-state index >= 15 is 0 Å². The number of anilines is 2. The van der Waals surface area contributed by atoms with E-state index in [0.29, 0.717) is 18.7 Å². The van der Waals surface area contributed by atoms with Crippen LogP contribution >= 0.6 is 0 Å². The van der Waals surface area contributed by atoms with Gasteiger partial charge in [-0.2, -0.15) is 0 Å². The number of amides is 2. The number of hydrogen-bond donors (Lipinski definition) is 3. The van der Waals surface area contributed by atoms with Crippen LogP contribution in [-0.4, -0.2) is 38.6 Å². The first-order valence-corrected chi connectivity index (χ1v) is 9.05. The molecule has 0 fully saturated rings. The molecule has 0 saturated heterocycles. The van der Waals surface area contributed by atoms with Gasteiger partial charge < -0.3 is 20.7 Å². The predicted octanol–water partition coefficient (Wildman–Crippen LogP) is 3.27. The SMILES string of the molecule is COCCNC(=O)c1ccc(NCC(=O)Nc2ccc3ccccc3c2)cc1. The molecule has 28 heavy (non-hydrogen) atoms. The normalized spacial score (nSPS) is 10.5. The van der Waals surface area contributed by atoms with Gasteiger partial charge in [0.1, 0.15) is 0 Å². The first kappa shape index (κ1) is 19.4. The van der Waals surface area contributed by atoms with Crippen LogP contribution in [0.15, 0.2) is 66.7 Å². The Morgan fingerprint density at radius 3 is 2.36 bits per heavy atom. The second-order valence-corrected chi connectivity index (χ2v) is 6.29. The van der Waals surface area contributed by atoms with Crippen LogP contribution < -0.4 is 16.0 Å². The summed E-state index contributed by atoms with van der Waals surface area (Å²) in [5, 5.41) is 10.9. The number of carbonyl (C=O) groups excluding carboxylic acids is 2. The van der Waals surface area contributed by atoms with Crippen molar-refractivity contribution in [1.82, 2.24) is 5.32 Å². The van der Waals surface area contributed by atoms with E-state index in [4.69, 9.17) is 4.74 Å². The molecule has 0 unspecified atom stereocenters. The number of fused-ring (bicyclic) bond motifs is 1. The largest absolute Gasteiger partial charge is 0.383 e. The molecule has 3 aromatic carbocycles. The molecule has 3 rings (SSSR count). The Morgan fingerprint density at radius 2 is 1.61 bits per heavy atom. The summed E-state index contributed by atoms with van der Waals surface area (Å²) >= 11 is 0. The van der Waals surface area contributed by atoms with Crippen molar-refractivity contribution in [3.05, 3.63) is 72.3 Å². The molecular weight excluding hydrogens is 354 g/mol. The van der Waals surface area contributed by atoms with E-state index in [0.717, 1.165) is 22.1 Å². The van der Waals surface area contributed by atoms with Crippen LogP contribution in [0.4, 0.5) is 11.4 Å². The quantitative estimate of drug-likeness (QED) is 0.527. The zero-order valence-corrected chi connectivity index (χ0v) is 15.7. The highest BCUT2D eigenvalue weighted by Crippen LogP contribution is 2.18. The Labute approximate surface area is 163 Å². The molecule has 0 aliphatic rings. The molecule has 3 N–H and O–H groups in total. The molecule has 2 amide bonds. The number of benzene rings is 3. The van der Waals surface area contributed by atoms with Gasteiger partial charge in [-0.05, 0) is 47.2 Å². The van der Waals surface area contributed by atoms with Crippen LogP contribution in [0, 0.1) is 0 Å². The topological polar surface area (TPSA) is 79.5 Å². The van der Waals surface area contributed by atoms with Gasteiger partial charge in [-0.25, -0.2) is 0 Å². The number of nitrogens with one attached hydrogen (secondary N) is 3. The zero-order valence-electron chi connectivity index (χ0n) is 15.7. The van der Waals surface area contributed by atoms with E-state index in [-0.39, 0.29) is 18.4 Å². The minimum Gasteiger partial charge on any atom is -0.383 e. The highest BCUT2D eigenvalue weighted by Gasteiger charge is 2.06. The Morgan fingerprint density at radius 1 is 0.893 bits per heavy atom. The monoisotopic (exact) mass is 377 g/mol. The maximum atomic E-state index is 12.2. The predicted molar refractivity (Wildman–Crippen MR) is 112 cm³/mol. The van der Waals surface area contributed by atoms with Gasteiger partial charge in [0.15, 0.2) is 0 Å². The Bertz CT molecular complexity index is 955. The third kappa shape index (κ3) is 5.31. The fraction of sp³-hybridized carbons (Fsp3) is 0.182. The Balaban J connectivity index is 1.50. The van der Waals surface area contributed by atoms with Gasteiger partial charge >= 0.3 is 0 Å².